The van der Waals surface area contributed by atoms with Gasteiger partial charge in [0.1, 0.15) is 0 Å². The van der Waals surface area contributed by atoms with E-state index in [-0.39, 0.29) is 6.42 Å². The molecule has 0 saturated carbocycles. The van der Waals surface area contributed by atoms with Crippen LogP contribution in [0.25, 0.3) is 0 Å². The molecule has 0 aliphatic rings. The van der Waals surface area contributed by atoms with E-state index >= 15 is 0 Å². The molecule has 0 heterocycles. The summed E-state index contributed by atoms with van der Waals surface area (Å²) in [5, 5.41) is 0. The van der Waals surface area contributed by atoms with Crippen molar-refractivity contribution >= 4 is 5.97 Å². The summed E-state index contributed by atoms with van der Waals surface area (Å²) >= 11 is 0. The number of alkyl halides is 10. The Morgan fingerprint density at radius 3 is 1.78 bits per heavy atom. The Bertz CT molecular complexity index is 399. The van der Waals surface area contributed by atoms with E-state index in [1.54, 1.807) is 6.92 Å². The number of unbranched alkanes of at least 4 members (excludes halogenated alkanes) is 1. The fourth-order valence-corrected chi connectivity index (χ4v) is 1.34. The molecule has 138 valence electrons. The Balaban J connectivity index is 5.36. The molecule has 0 bridgehead atoms. The summed E-state index contributed by atoms with van der Waals surface area (Å²) in [7, 11) is 0. The molecule has 2 nitrogen and oxygen atoms in total. The van der Waals surface area contributed by atoms with E-state index in [0.717, 1.165) is 0 Å². The van der Waals surface area contributed by atoms with Gasteiger partial charge in [-0.2, -0.15) is 43.9 Å². The van der Waals surface area contributed by atoms with E-state index < -0.39 is 49.1 Å². The summed E-state index contributed by atoms with van der Waals surface area (Å²) in [4.78, 5) is 11.1. The molecule has 0 aromatic carbocycles. The van der Waals surface area contributed by atoms with E-state index in [4.69, 9.17) is 0 Å². The van der Waals surface area contributed by atoms with Crippen LogP contribution in [0.15, 0.2) is 0 Å². The van der Waals surface area contributed by atoms with Gasteiger partial charge in [0.15, 0.2) is 5.92 Å². The quantitative estimate of drug-likeness (QED) is 0.370. The molecule has 0 aliphatic heterocycles. The Kier molecular flexibility index (Phi) is 6.74. The highest BCUT2D eigenvalue weighted by Crippen LogP contribution is 2.50. The molecule has 0 rings (SSSR count). The smallest absolute Gasteiger partial charge is 0.459 e. The molecule has 0 fully saturated rings. The molecule has 0 N–H and O–H groups in total. The van der Waals surface area contributed by atoms with Crippen LogP contribution in [0.5, 0.6) is 0 Å². The number of hydrogen-bond acceptors (Lipinski definition) is 2. The standard InChI is InChI=1S/C11H12F10O2/c1-2-3-4-23-7(22)6(9(14,15)16)5-8(12,13)10(17,18)11(19,20)21/h6H,2-5H2,1H3. The van der Waals surface area contributed by atoms with Crippen molar-refractivity contribution in [3.05, 3.63) is 0 Å². The average Bonchev–Trinajstić information content (AvgIpc) is 2.33. The molecule has 0 aromatic rings. The van der Waals surface area contributed by atoms with Crippen molar-refractivity contribution < 1.29 is 53.4 Å². The molecule has 12 heteroatoms. The van der Waals surface area contributed by atoms with Gasteiger partial charge in [0.05, 0.1) is 6.61 Å². The minimum Gasteiger partial charge on any atom is -0.465 e. The van der Waals surface area contributed by atoms with Crippen LogP contribution in [0.2, 0.25) is 0 Å². The number of ether oxygens (including phenoxy) is 1. The van der Waals surface area contributed by atoms with E-state index in [2.05, 4.69) is 4.74 Å². The first-order chi connectivity index (χ1) is 10.1. The third-order valence-electron chi connectivity index (χ3n) is 2.70. The lowest BCUT2D eigenvalue weighted by Crippen LogP contribution is -2.54. The summed E-state index contributed by atoms with van der Waals surface area (Å²) in [5.41, 5.74) is 0. The average molecular weight is 366 g/mol. The summed E-state index contributed by atoms with van der Waals surface area (Å²) in [6.45, 7) is 0.941. The van der Waals surface area contributed by atoms with Gasteiger partial charge in [0.25, 0.3) is 0 Å². The minimum absolute atomic E-state index is 0.0609. The van der Waals surface area contributed by atoms with Gasteiger partial charge in [0.2, 0.25) is 0 Å². The zero-order chi connectivity index (χ0) is 18.7. The molecular weight excluding hydrogens is 354 g/mol. The SMILES string of the molecule is CCCCOC(=O)C(CC(F)(F)C(F)(F)C(F)(F)F)C(F)(F)F. The van der Waals surface area contributed by atoms with Crippen molar-refractivity contribution in [2.75, 3.05) is 6.61 Å². The van der Waals surface area contributed by atoms with E-state index in [1.165, 1.54) is 0 Å². The molecule has 0 aliphatic carbocycles. The Hall–Kier alpha value is -1.23. The second-order valence-electron chi connectivity index (χ2n) is 4.60. The molecule has 0 saturated heterocycles. The van der Waals surface area contributed by atoms with Crippen LogP contribution in [0.1, 0.15) is 26.2 Å². The van der Waals surface area contributed by atoms with Crippen LogP contribution >= 0.6 is 0 Å². The van der Waals surface area contributed by atoms with E-state index in [0.29, 0.717) is 6.42 Å². The topological polar surface area (TPSA) is 26.3 Å². The Labute approximate surface area is 123 Å². The van der Waals surface area contributed by atoms with Crippen LogP contribution in [-0.4, -0.2) is 36.8 Å². The second-order valence-corrected chi connectivity index (χ2v) is 4.60. The molecule has 0 amide bonds. The summed E-state index contributed by atoms with van der Waals surface area (Å²) in [5.74, 6) is -19.0. The van der Waals surface area contributed by atoms with Crippen molar-refractivity contribution in [1.82, 2.24) is 0 Å². The molecule has 0 aromatic heterocycles. The second kappa shape index (κ2) is 7.12. The summed E-state index contributed by atoms with van der Waals surface area (Å²) < 4.78 is 129. The van der Waals surface area contributed by atoms with E-state index in [9.17, 15) is 48.7 Å². The van der Waals surface area contributed by atoms with Crippen LogP contribution in [0.3, 0.4) is 0 Å². The van der Waals surface area contributed by atoms with Gasteiger partial charge in [-0.25, -0.2) is 0 Å². The van der Waals surface area contributed by atoms with Gasteiger partial charge in [-0.05, 0) is 6.42 Å². The van der Waals surface area contributed by atoms with Crippen molar-refractivity contribution in [3.8, 4) is 0 Å². The first kappa shape index (κ1) is 21.8. The normalized spacial score (nSPS) is 15.4. The number of halogens is 10. The Morgan fingerprint density at radius 1 is 0.957 bits per heavy atom. The molecule has 0 spiro atoms. The fourth-order valence-electron chi connectivity index (χ4n) is 1.34. The van der Waals surface area contributed by atoms with Crippen molar-refractivity contribution in [1.29, 1.82) is 0 Å². The highest BCUT2D eigenvalue weighted by molar-refractivity contribution is 5.73. The third-order valence-corrected chi connectivity index (χ3v) is 2.70. The number of carbonyl (C=O) groups is 1. The van der Waals surface area contributed by atoms with Crippen LogP contribution in [-0.2, 0) is 9.53 Å². The van der Waals surface area contributed by atoms with Gasteiger partial charge in [0, 0.05) is 6.42 Å². The predicted molar refractivity (Wildman–Crippen MR) is 56.0 cm³/mol. The summed E-state index contributed by atoms with van der Waals surface area (Å²) in [6.07, 6.45) is -15.2. The monoisotopic (exact) mass is 366 g/mol. The molecule has 1 atom stereocenters. The maximum Gasteiger partial charge on any atom is 0.459 e. The van der Waals surface area contributed by atoms with Gasteiger partial charge >= 0.3 is 30.2 Å². The lowest BCUT2D eigenvalue weighted by molar-refractivity contribution is -0.361. The molecular formula is C11H12F10O2. The fraction of sp³-hybridized carbons (Fsp3) is 0.909. The van der Waals surface area contributed by atoms with Gasteiger partial charge in [-0.15, -0.1) is 0 Å². The molecule has 23 heavy (non-hydrogen) atoms. The van der Waals surface area contributed by atoms with Crippen LogP contribution < -0.4 is 0 Å². The largest absolute Gasteiger partial charge is 0.465 e. The zero-order valence-corrected chi connectivity index (χ0v) is 11.5. The maximum absolute atomic E-state index is 13.0. The lowest BCUT2D eigenvalue weighted by atomic mass is 9.96. The number of esters is 1. The van der Waals surface area contributed by atoms with Crippen molar-refractivity contribution in [3.63, 3.8) is 0 Å². The minimum atomic E-state index is -6.78. The third kappa shape index (κ3) is 5.41. The first-order valence-electron chi connectivity index (χ1n) is 6.13. The van der Waals surface area contributed by atoms with Gasteiger partial charge < -0.3 is 4.74 Å². The highest BCUT2D eigenvalue weighted by atomic mass is 19.4. The summed E-state index contributed by atoms with van der Waals surface area (Å²) in [6, 6.07) is 0. The van der Waals surface area contributed by atoms with Crippen LogP contribution in [0, 0.1) is 5.92 Å². The predicted octanol–water partition coefficient (Wildman–Crippen LogP) is 4.73. The van der Waals surface area contributed by atoms with Gasteiger partial charge in [-0.1, -0.05) is 13.3 Å². The van der Waals surface area contributed by atoms with E-state index in [1.807, 2.05) is 0 Å². The maximum atomic E-state index is 13.0. The van der Waals surface area contributed by atoms with Crippen LogP contribution in [0.4, 0.5) is 43.9 Å². The molecule has 0 radical (unpaired) electrons. The molecule has 1 unspecified atom stereocenters. The number of rotatable bonds is 7. The number of carbonyl (C=O) groups excluding carboxylic acids is 1. The lowest BCUT2D eigenvalue weighted by Gasteiger charge is -2.30. The van der Waals surface area contributed by atoms with Crippen molar-refractivity contribution in [2.24, 2.45) is 5.92 Å². The van der Waals surface area contributed by atoms with Gasteiger partial charge in [-0.3, -0.25) is 4.79 Å². The first-order valence-corrected chi connectivity index (χ1v) is 6.13. The zero-order valence-electron chi connectivity index (χ0n) is 11.5. The Morgan fingerprint density at radius 2 is 1.43 bits per heavy atom. The highest BCUT2D eigenvalue weighted by Gasteiger charge is 2.74. The van der Waals surface area contributed by atoms with Crippen molar-refractivity contribution in [2.45, 2.75) is 50.4 Å². The number of hydrogen-bond donors (Lipinski definition) is 0.